The summed E-state index contributed by atoms with van der Waals surface area (Å²) >= 11 is 0. The van der Waals surface area contributed by atoms with E-state index in [4.69, 9.17) is 0 Å². The van der Waals surface area contributed by atoms with Crippen molar-refractivity contribution in [3.05, 3.63) is 0 Å². The molecule has 0 heterocycles. The van der Waals surface area contributed by atoms with Crippen molar-refractivity contribution in [3.8, 4) is 0 Å². The van der Waals surface area contributed by atoms with Gasteiger partial charge >= 0.3 is 6.47 Å². The van der Waals surface area contributed by atoms with Crippen molar-refractivity contribution in [1.29, 1.82) is 0 Å². The average molecular weight is 134 g/mol. The van der Waals surface area contributed by atoms with Crippen molar-refractivity contribution in [3.63, 3.8) is 0 Å². The number of carbonyl (C=O) groups is 1. The topological polar surface area (TPSA) is 73.3 Å². The minimum atomic E-state index is -0.152. The van der Waals surface area contributed by atoms with Gasteiger partial charge in [-0.25, -0.2) is 0 Å². The van der Waals surface area contributed by atoms with Gasteiger partial charge in [-0.15, -0.1) is 5.48 Å². The predicted octanol–water partition coefficient (Wildman–Crippen LogP) is 0.625. The Balaban J connectivity index is 0. The zero-order valence-electron chi connectivity index (χ0n) is 6.10. The first-order valence-electron chi connectivity index (χ1n) is 2.43. The first-order chi connectivity index (χ1) is 3.56. The van der Waals surface area contributed by atoms with Crippen LogP contribution in [0.1, 0.15) is 20.8 Å². The molecule has 4 N–H and O–H groups in total. The quantitative estimate of drug-likeness (QED) is 0.429. The largest absolute Gasteiger partial charge is 0.373 e. The summed E-state index contributed by atoms with van der Waals surface area (Å²) in [6, 6.07) is 0. The smallest absolute Gasteiger partial charge is 0.312 e. The molecule has 4 heteroatoms. The maximum absolute atomic E-state index is 9.57. The Kier molecular flexibility index (Phi) is 5.34. The van der Waals surface area contributed by atoms with Gasteiger partial charge in [0.15, 0.2) is 0 Å². The van der Waals surface area contributed by atoms with Crippen LogP contribution in [0.5, 0.6) is 0 Å². The zero-order valence-corrected chi connectivity index (χ0v) is 6.10. The van der Waals surface area contributed by atoms with Crippen LogP contribution in [0.2, 0.25) is 0 Å². The molecule has 4 nitrogen and oxygen atoms in total. The Bertz CT molecular complexity index is 77.5. The highest BCUT2D eigenvalue weighted by molar-refractivity contribution is 5.36. The number of rotatable bonds is 2. The van der Waals surface area contributed by atoms with Crippen LogP contribution in [0.3, 0.4) is 0 Å². The summed E-state index contributed by atoms with van der Waals surface area (Å²) in [4.78, 5) is 13.8. The molecular weight excluding hydrogens is 120 g/mol. The Morgan fingerprint density at radius 1 is 1.44 bits per heavy atom. The van der Waals surface area contributed by atoms with Gasteiger partial charge in [-0.2, -0.15) is 0 Å². The monoisotopic (exact) mass is 134 g/mol. The molecule has 0 aliphatic rings. The van der Waals surface area contributed by atoms with Gasteiger partial charge in [-0.3, -0.25) is 4.79 Å². The van der Waals surface area contributed by atoms with Crippen LogP contribution in [0.25, 0.3) is 0 Å². The molecule has 0 atom stereocenters. The molecule has 0 bridgehead atoms. The lowest BCUT2D eigenvalue weighted by atomic mass is 10.1. The summed E-state index contributed by atoms with van der Waals surface area (Å²) in [5, 5.41) is 0. The maximum Gasteiger partial charge on any atom is 0.312 e. The van der Waals surface area contributed by atoms with E-state index in [9.17, 15) is 4.79 Å². The number of hydrogen-bond acceptors (Lipinski definition) is 4. The number of carbonyl (C=O) groups excluding carboxylic acids is 1. The van der Waals surface area contributed by atoms with E-state index in [1.54, 1.807) is 0 Å². The second-order valence-corrected chi connectivity index (χ2v) is 2.57. The third-order valence-electron chi connectivity index (χ3n) is 0.413. The number of nitrogens with one attached hydrogen (secondary N) is 1. The molecule has 0 saturated heterocycles. The fourth-order valence-corrected chi connectivity index (χ4v) is 0.201. The fraction of sp³-hybridized carbons (Fsp3) is 0.800. The summed E-state index contributed by atoms with van der Waals surface area (Å²) in [7, 11) is 0. The van der Waals surface area contributed by atoms with Gasteiger partial charge in [0.25, 0.3) is 0 Å². The summed E-state index contributed by atoms with van der Waals surface area (Å²) < 4.78 is 0. The lowest BCUT2D eigenvalue weighted by Crippen LogP contribution is -2.35. The lowest BCUT2D eigenvalue weighted by molar-refractivity contribution is -0.139. The Morgan fingerprint density at radius 2 is 1.89 bits per heavy atom. The molecule has 0 aliphatic heterocycles. The molecule has 0 rings (SSSR count). The molecule has 56 valence electrons. The summed E-state index contributed by atoms with van der Waals surface area (Å²) in [6.45, 7) is 6.06. The molecule has 0 aromatic carbocycles. The normalized spacial score (nSPS) is 9.67. The van der Waals surface area contributed by atoms with Gasteiger partial charge in [0.1, 0.15) is 0 Å². The van der Waals surface area contributed by atoms with Gasteiger partial charge in [-0.05, 0) is 20.8 Å². The predicted molar refractivity (Wildman–Crippen MR) is 35.1 cm³/mol. The Hall–Kier alpha value is -0.610. The van der Waals surface area contributed by atoms with Crippen LogP contribution in [0, 0.1) is 0 Å². The molecular formula is C5H14N2O2. The van der Waals surface area contributed by atoms with Gasteiger partial charge in [0.2, 0.25) is 0 Å². The standard InChI is InChI=1S/C5H11NO2.H3N/c1-5(2,3)6-8-4-7;/h4,6H,1-3H3;1H3. The summed E-state index contributed by atoms with van der Waals surface area (Å²) in [5.74, 6) is 0. The van der Waals surface area contributed by atoms with E-state index in [2.05, 4.69) is 10.3 Å². The van der Waals surface area contributed by atoms with Crippen molar-refractivity contribution >= 4 is 6.47 Å². The summed E-state index contributed by atoms with van der Waals surface area (Å²) in [5.41, 5.74) is 2.35. The van der Waals surface area contributed by atoms with Crippen LogP contribution in [0.15, 0.2) is 0 Å². The maximum atomic E-state index is 9.57. The third-order valence-corrected chi connectivity index (χ3v) is 0.413. The van der Waals surface area contributed by atoms with Gasteiger partial charge < -0.3 is 11.0 Å². The molecule has 0 radical (unpaired) electrons. The molecule has 0 amide bonds. The molecule has 0 aromatic rings. The van der Waals surface area contributed by atoms with Crippen molar-refractivity contribution in [2.75, 3.05) is 0 Å². The Morgan fingerprint density at radius 3 is 2.00 bits per heavy atom. The molecule has 0 spiro atoms. The minimum Gasteiger partial charge on any atom is -0.373 e. The molecule has 9 heavy (non-hydrogen) atoms. The highest BCUT2D eigenvalue weighted by Gasteiger charge is 2.07. The van der Waals surface area contributed by atoms with Crippen molar-refractivity contribution in [1.82, 2.24) is 11.6 Å². The van der Waals surface area contributed by atoms with E-state index < -0.39 is 0 Å². The Labute approximate surface area is 55.1 Å². The molecule has 0 aromatic heterocycles. The lowest BCUT2D eigenvalue weighted by Gasteiger charge is -2.16. The first-order valence-corrected chi connectivity index (χ1v) is 2.43. The van der Waals surface area contributed by atoms with E-state index in [1.807, 2.05) is 20.8 Å². The third kappa shape index (κ3) is 11.1. The van der Waals surface area contributed by atoms with Crippen LogP contribution < -0.4 is 11.6 Å². The van der Waals surface area contributed by atoms with E-state index in [1.165, 1.54) is 0 Å². The molecule has 0 fully saturated rings. The highest BCUT2D eigenvalue weighted by Crippen LogP contribution is 1.96. The van der Waals surface area contributed by atoms with Crippen LogP contribution in [-0.2, 0) is 9.63 Å². The SMILES string of the molecule is CC(C)(C)NOC=O.N. The van der Waals surface area contributed by atoms with E-state index >= 15 is 0 Å². The molecule has 0 aliphatic carbocycles. The highest BCUT2D eigenvalue weighted by atomic mass is 16.7. The van der Waals surface area contributed by atoms with Crippen LogP contribution in [0.4, 0.5) is 0 Å². The second kappa shape index (κ2) is 4.29. The molecule has 0 saturated carbocycles. The fourth-order valence-electron chi connectivity index (χ4n) is 0.201. The van der Waals surface area contributed by atoms with Crippen molar-refractivity contribution in [2.45, 2.75) is 26.3 Å². The van der Waals surface area contributed by atoms with Crippen molar-refractivity contribution in [2.24, 2.45) is 0 Å². The zero-order chi connectivity index (χ0) is 6.62. The van der Waals surface area contributed by atoms with E-state index in [-0.39, 0.29) is 11.7 Å². The van der Waals surface area contributed by atoms with E-state index in [0.717, 1.165) is 0 Å². The minimum absolute atomic E-state index is 0. The van der Waals surface area contributed by atoms with Crippen LogP contribution in [-0.4, -0.2) is 12.0 Å². The van der Waals surface area contributed by atoms with Gasteiger partial charge in [0.05, 0.1) is 0 Å². The van der Waals surface area contributed by atoms with E-state index in [0.29, 0.717) is 6.47 Å². The number of hydrogen-bond donors (Lipinski definition) is 2. The molecule has 0 unspecified atom stereocenters. The summed E-state index contributed by atoms with van der Waals surface area (Å²) in [6.07, 6.45) is 0. The first kappa shape index (κ1) is 11.2. The second-order valence-electron chi connectivity index (χ2n) is 2.57. The van der Waals surface area contributed by atoms with Gasteiger partial charge in [-0.1, -0.05) is 0 Å². The van der Waals surface area contributed by atoms with Crippen molar-refractivity contribution < 1.29 is 9.63 Å². The van der Waals surface area contributed by atoms with Crippen LogP contribution >= 0.6 is 0 Å². The number of hydroxylamine groups is 1. The van der Waals surface area contributed by atoms with Gasteiger partial charge in [0, 0.05) is 5.54 Å². The average Bonchev–Trinajstić information content (AvgIpc) is 1.59.